The van der Waals surface area contributed by atoms with Gasteiger partial charge in [-0.25, -0.2) is 0 Å². The van der Waals surface area contributed by atoms with Gasteiger partial charge in [0.2, 0.25) is 5.75 Å². The second kappa shape index (κ2) is 6.43. The number of ether oxygens (including phenoxy) is 1. The summed E-state index contributed by atoms with van der Waals surface area (Å²) in [6.07, 6.45) is 0.677. The van der Waals surface area contributed by atoms with Crippen LogP contribution in [0, 0.1) is 10.1 Å². The molecule has 21 heavy (non-hydrogen) atoms. The Hall–Kier alpha value is -1.63. The van der Waals surface area contributed by atoms with Crippen molar-refractivity contribution in [2.24, 2.45) is 0 Å². The number of hydrogen-bond donors (Lipinski definition) is 0. The molecule has 8 heteroatoms. The van der Waals surface area contributed by atoms with Gasteiger partial charge >= 0.3 is 5.69 Å². The molecule has 0 heterocycles. The molecule has 0 atom stereocenters. The third-order valence-corrected chi connectivity index (χ3v) is 3.85. The average molecular weight is 391 g/mol. The van der Waals surface area contributed by atoms with Gasteiger partial charge in [0.15, 0.2) is 0 Å². The van der Waals surface area contributed by atoms with Gasteiger partial charge in [0.1, 0.15) is 12.0 Å². The van der Waals surface area contributed by atoms with Crippen LogP contribution in [0.4, 0.5) is 5.69 Å². The summed E-state index contributed by atoms with van der Waals surface area (Å²) in [5, 5.41) is 11.2. The van der Waals surface area contributed by atoms with Crippen LogP contribution in [-0.4, -0.2) is 11.2 Å². The zero-order valence-electron chi connectivity index (χ0n) is 10.2. The van der Waals surface area contributed by atoms with Crippen molar-refractivity contribution >= 4 is 51.1 Å². The summed E-state index contributed by atoms with van der Waals surface area (Å²) in [6.45, 7) is 0. The van der Waals surface area contributed by atoms with Crippen molar-refractivity contribution in [1.82, 2.24) is 0 Å². The van der Waals surface area contributed by atoms with Crippen LogP contribution >= 0.6 is 39.1 Å². The van der Waals surface area contributed by atoms with Crippen LogP contribution in [0.25, 0.3) is 0 Å². The lowest BCUT2D eigenvalue weighted by Crippen LogP contribution is -1.95. The highest BCUT2D eigenvalue weighted by Gasteiger charge is 2.20. The molecule has 2 aromatic rings. The Balaban J connectivity index is 2.46. The fraction of sp³-hybridized carbons (Fsp3) is 0. The largest absolute Gasteiger partial charge is 0.449 e. The molecule has 5 nitrogen and oxygen atoms in total. The molecule has 0 aromatic heterocycles. The highest BCUT2D eigenvalue weighted by Crippen LogP contribution is 2.39. The monoisotopic (exact) mass is 389 g/mol. The van der Waals surface area contributed by atoms with E-state index in [-0.39, 0.29) is 21.5 Å². The van der Waals surface area contributed by atoms with Gasteiger partial charge in [-0.2, -0.15) is 0 Å². The van der Waals surface area contributed by atoms with E-state index in [9.17, 15) is 14.9 Å². The standard InChI is InChI=1S/C13H6BrCl2NO4/c14-8-3-7(6-18)1-2-12(8)21-13-5-10(16)9(15)4-11(13)17(19)20/h1-6H. The van der Waals surface area contributed by atoms with Crippen LogP contribution in [0.15, 0.2) is 34.8 Å². The minimum atomic E-state index is -0.620. The summed E-state index contributed by atoms with van der Waals surface area (Å²) < 4.78 is 5.97. The number of nitro groups is 1. The normalized spacial score (nSPS) is 10.2. The minimum absolute atomic E-state index is 0.0473. The fourth-order valence-corrected chi connectivity index (χ4v) is 2.32. The predicted octanol–water partition coefficient (Wildman–Crippen LogP) is 5.27. The van der Waals surface area contributed by atoms with E-state index in [2.05, 4.69) is 15.9 Å². The Morgan fingerprint density at radius 1 is 1.14 bits per heavy atom. The summed E-state index contributed by atoms with van der Waals surface area (Å²) in [7, 11) is 0. The summed E-state index contributed by atoms with van der Waals surface area (Å²) in [4.78, 5) is 21.1. The number of nitro benzene ring substituents is 1. The maximum absolute atomic E-state index is 11.0. The van der Waals surface area contributed by atoms with Crippen LogP contribution in [0.3, 0.4) is 0 Å². The number of benzene rings is 2. The van der Waals surface area contributed by atoms with Crippen molar-refractivity contribution in [1.29, 1.82) is 0 Å². The SMILES string of the molecule is O=Cc1ccc(Oc2cc(Cl)c(Cl)cc2[N+](=O)[O-])c(Br)c1. The van der Waals surface area contributed by atoms with E-state index in [1.807, 2.05) is 0 Å². The molecule has 0 fully saturated rings. The van der Waals surface area contributed by atoms with Crippen molar-refractivity contribution in [3.8, 4) is 11.5 Å². The summed E-state index contributed by atoms with van der Waals surface area (Å²) in [5.41, 5.74) is 0.133. The quantitative estimate of drug-likeness (QED) is 0.405. The maximum Gasteiger partial charge on any atom is 0.313 e. The number of carbonyl (C=O) groups excluding carboxylic acids is 1. The summed E-state index contributed by atoms with van der Waals surface area (Å²) in [6, 6.07) is 6.96. The Bertz CT molecular complexity index is 736. The third-order valence-electron chi connectivity index (χ3n) is 2.51. The lowest BCUT2D eigenvalue weighted by Gasteiger charge is -2.09. The van der Waals surface area contributed by atoms with E-state index < -0.39 is 4.92 Å². The van der Waals surface area contributed by atoms with Crippen molar-refractivity contribution in [3.05, 3.63) is 60.5 Å². The fourth-order valence-electron chi connectivity index (χ4n) is 1.53. The first-order valence-corrected chi connectivity index (χ1v) is 7.03. The lowest BCUT2D eigenvalue weighted by molar-refractivity contribution is -0.385. The van der Waals surface area contributed by atoms with Gasteiger partial charge in [-0.15, -0.1) is 0 Å². The topological polar surface area (TPSA) is 69.4 Å². The van der Waals surface area contributed by atoms with Gasteiger partial charge in [0.05, 0.1) is 19.4 Å². The molecule has 0 saturated carbocycles. The van der Waals surface area contributed by atoms with Gasteiger partial charge < -0.3 is 4.74 Å². The molecule has 0 amide bonds. The van der Waals surface area contributed by atoms with Gasteiger partial charge in [0, 0.05) is 17.7 Å². The zero-order valence-corrected chi connectivity index (χ0v) is 13.3. The molecule has 2 aromatic carbocycles. The number of halogens is 3. The predicted molar refractivity (Wildman–Crippen MR) is 82.7 cm³/mol. The first kappa shape index (κ1) is 15.8. The van der Waals surface area contributed by atoms with E-state index in [0.717, 1.165) is 6.07 Å². The molecular weight excluding hydrogens is 385 g/mol. The van der Waals surface area contributed by atoms with E-state index in [1.165, 1.54) is 24.3 Å². The number of carbonyl (C=O) groups is 1. The van der Waals surface area contributed by atoms with Crippen LogP contribution < -0.4 is 4.74 Å². The van der Waals surface area contributed by atoms with Crippen LogP contribution in [-0.2, 0) is 0 Å². The first-order chi connectivity index (χ1) is 9.92. The number of hydrogen-bond acceptors (Lipinski definition) is 4. The smallest absolute Gasteiger partial charge is 0.313 e. The molecule has 0 aliphatic carbocycles. The molecular formula is C13H6BrCl2NO4. The molecule has 108 valence electrons. The zero-order chi connectivity index (χ0) is 15.6. The molecule has 0 aliphatic rings. The Labute approximate surface area is 137 Å². The molecule has 0 radical (unpaired) electrons. The Morgan fingerprint density at radius 2 is 1.81 bits per heavy atom. The number of rotatable bonds is 4. The molecule has 0 spiro atoms. The van der Waals surface area contributed by atoms with Gasteiger partial charge in [-0.3, -0.25) is 14.9 Å². The average Bonchev–Trinajstić information content (AvgIpc) is 2.44. The van der Waals surface area contributed by atoms with Gasteiger partial charge in [-0.1, -0.05) is 23.2 Å². The van der Waals surface area contributed by atoms with Gasteiger partial charge in [0.25, 0.3) is 0 Å². The molecule has 0 bridgehead atoms. The molecule has 2 rings (SSSR count). The first-order valence-electron chi connectivity index (χ1n) is 5.48. The van der Waals surface area contributed by atoms with Crippen LogP contribution in [0.1, 0.15) is 10.4 Å². The summed E-state index contributed by atoms with van der Waals surface area (Å²) >= 11 is 14.8. The molecule has 0 N–H and O–H groups in total. The van der Waals surface area contributed by atoms with E-state index >= 15 is 0 Å². The van der Waals surface area contributed by atoms with Crippen molar-refractivity contribution < 1.29 is 14.5 Å². The van der Waals surface area contributed by atoms with Gasteiger partial charge in [-0.05, 0) is 34.1 Å². The van der Waals surface area contributed by atoms with E-state index in [4.69, 9.17) is 27.9 Å². The van der Waals surface area contributed by atoms with Crippen molar-refractivity contribution in [3.63, 3.8) is 0 Å². The second-order valence-corrected chi connectivity index (χ2v) is 5.57. The molecule has 0 saturated heterocycles. The second-order valence-electron chi connectivity index (χ2n) is 3.90. The lowest BCUT2D eigenvalue weighted by atomic mass is 10.2. The number of nitrogens with zero attached hydrogens (tertiary/aromatic N) is 1. The Kier molecular flexibility index (Phi) is 4.82. The molecule has 0 unspecified atom stereocenters. The minimum Gasteiger partial charge on any atom is -0.449 e. The highest BCUT2D eigenvalue weighted by molar-refractivity contribution is 9.10. The number of aldehydes is 1. The maximum atomic E-state index is 11.0. The molecule has 0 aliphatic heterocycles. The third kappa shape index (κ3) is 3.53. The van der Waals surface area contributed by atoms with Crippen molar-refractivity contribution in [2.45, 2.75) is 0 Å². The van der Waals surface area contributed by atoms with E-state index in [1.54, 1.807) is 0 Å². The Morgan fingerprint density at radius 3 is 2.38 bits per heavy atom. The van der Waals surface area contributed by atoms with Crippen LogP contribution in [0.5, 0.6) is 11.5 Å². The van der Waals surface area contributed by atoms with Crippen molar-refractivity contribution in [2.75, 3.05) is 0 Å². The van der Waals surface area contributed by atoms with E-state index in [0.29, 0.717) is 22.1 Å². The highest BCUT2D eigenvalue weighted by atomic mass is 79.9. The summed E-state index contributed by atoms with van der Waals surface area (Å²) in [5.74, 6) is 0.260. The van der Waals surface area contributed by atoms with Crippen LogP contribution in [0.2, 0.25) is 10.0 Å².